The van der Waals surface area contributed by atoms with Crippen LogP contribution in [0.1, 0.15) is 11.1 Å². The fourth-order valence-corrected chi connectivity index (χ4v) is 1.89. The zero-order chi connectivity index (χ0) is 12.1. The van der Waals surface area contributed by atoms with Crippen LogP contribution in [-0.2, 0) is 11.4 Å². The first-order chi connectivity index (χ1) is 8.33. The van der Waals surface area contributed by atoms with Crippen molar-refractivity contribution < 1.29 is 4.84 Å². The maximum atomic E-state index is 5.01. The van der Waals surface area contributed by atoms with Crippen molar-refractivity contribution >= 4 is 6.72 Å². The highest BCUT2D eigenvalue weighted by Crippen LogP contribution is 2.25. The highest BCUT2D eigenvalue weighted by molar-refractivity contribution is 5.68. The second-order valence-electron chi connectivity index (χ2n) is 3.86. The Labute approximate surface area is 102 Å². The molecule has 2 aromatic carbocycles. The summed E-state index contributed by atoms with van der Waals surface area (Å²) in [6.45, 7) is 5.88. The van der Waals surface area contributed by atoms with Gasteiger partial charge in [-0.15, -0.1) is 5.16 Å². The van der Waals surface area contributed by atoms with Gasteiger partial charge in [0.15, 0.2) is 0 Å². The molecule has 17 heavy (non-hydrogen) atoms. The summed E-state index contributed by atoms with van der Waals surface area (Å²) >= 11 is 0. The molecule has 0 saturated carbocycles. The molecular formula is C15H15NO. The zero-order valence-electron chi connectivity index (χ0n) is 9.89. The largest absolute Gasteiger partial charge is 0.391 e. The Morgan fingerprint density at radius 2 is 1.82 bits per heavy atom. The lowest BCUT2D eigenvalue weighted by Crippen LogP contribution is -1.93. The minimum atomic E-state index is 0.468. The summed E-state index contributed by atoms with van der Waals surface area (Å²) in [6, 6.07) is 16.5. The molecule has 2 rings (SSSR count). The predicted molar refractivity (Wildman–Crippen MR) is 71.0 cm³/mol. The lowest BCUT2D eigenvalue weighted by atomic mass is 9.97. The van der Waals surface area contributed by atoms with Crippen molar-refractivity contribution in [1.29, 1.82) is 0 Å². The smallest absolute Gasteiger partial charge is 0.142 e. The van der Waals surface area contributed by atoms with Crippen molar-refractivity contribution in [3.63, 3.8) is 0 Å². The number of rotatable bonds is 4. The first-order valence-electron chi connectivity index (χ1n) is 5.55. The normalized spacial score (nSPS) is 9.94. The number of hydrogen-bond acceptors (Lipinski definition) is 2. The zero-order valence-corrected chi connectivity index (χ0v) is 9.89. The summed E-state index contributed by atoms with van der Waals surface area (Å²) in [6.07, 6.45) is 0. The van der Waals surface area contributed by atoms with E-state index in [-0.39, 0.29) is 0 Å². The molecule has 0 heterocycles. The fraction of sp³-hybridized carbons (Fsp3) is 0.133. The summed E-state index contributed by atoms with van der Waals surface area (Å²) in [5.41, 5.74) is 4.82. The third-order valence-corrected chi connectivity index (χ3v) is 2.84. The molecule has 0 amide bonds. The van der Waals surface area contributed by atoms with E-state index < -0.39 is 0 Å². The van der Waals surface area contributed by atoms with Crippen molar-refractivity contribution in [1.82, 2.24) is 0 Å². The van der Waals surface area contributed by atoms with Gasteiger partial charge in [0.05, 0.1) is 0 Å². The predicted octanol–water partition coefficient (Wildman–Crippen LogP) is 3.79. The van der Waals surface area contributed by atoms with Gasteiger partial charge in [-0.25, -0.2) is 0 Å². The van der Waals surface area contributed by atoms with Gasteiger partial charge in [-0.3, -0.25) is 0 Å². The van der Waals surface area contributed by atoms with Crippen LogP contribution in [0.3, 0.4) is 0 Å². The Morgan fingerprint density at radius 1 is 1.06 bits per heavy atom. The van der Waals surface area contributed by atoms with Crippen LogP contribution < -0.4 is 0 Å². The minimum absolute atomic E-state index is 0.468. The Bertz CT molecular complexity index is 506. The highest BCUT2D eigenvalue weighted by atomic mass is 16.6. The van der Waals surface area contributed by atoms with Crippen LogP contribution in [0.25, 0.3) is 11.1 Å². The van der Waals surface area contributed by atoms with E-state index in [2.05, 4.69) is 37.0 Å². The monoisotopic (exact) mass is 225 g/mol. The van der Waals surface area contributed by atoms with E-state index in [0.717, 1.165) is 5.56 Å². The molecular weight excluding hydrogens is 210 g/mol. The van der Waals surface area contributed by atoms with E-state index >= 15 is 0 Å². The minimum Gasteiger partial charge on any atom is -0.391 e. The topological polar surface area (TPSA) is 21.6 Å². The first-order valence-corrected chi connectivity index (χ1v) is 5.55. The lowest BCUT2D eigenvalue weighted by molar-refractivity contribution is 0.133. The van der Waals surface area contributed by atoms with Crippen molar-refractivity contribution in [2.75, 3.05) is 0 Å². The standard InChI is InChI=1S/C15H15NO/c1-12-14(11-17-16-2)9-6-10-15(12)13-7-4-3-5-8-13/h3-10H,2,11H2,1H3. The van der Waals surface area contributed by atoms with E-state index in [9.17, 15) is 0 Å². The third kappa shape index (κ3) is 2.53. The molecule has 0 spiro atoms. The maximum Gasteiger partial charge on any atom is 0.142 e. The molecule has 0 N–H and O–H groups in total. The number of oxime groups is 1. The number of nitrogens with zero attached hydrogens (tertiary/aromatic N) is 1. The molecule has 86 valence electrons. The van der Waals surface area contributed by atoms with Gasteiger partial charge in [0, 0.05) is 6.72 Å². The van der Waals surface area contributed by atoms with Crippen molar-refractivity contribution in [3.8, 4) is 11.1 Å². The molecule has 0 aliphatic rings. The number of hydrogen-bond donors (Lipinski definition) is 0. The average molecular weight is 225 g/mol. The molecule has 0 aromatic heterocycles. The second-order valence-corrected chi connectivity index (χ2v) is 3.86. The average Bonchev–Trinajstić information content (AvgIpc) is 2.39. The van der Waals surface area contributed by atoms with Crippen LogP contribution in [0.15, 0.2) is 53.7 Å². The van der Waals surface area contributed by atoms with Gasteiger partial charge >= 0.3 is 0 Å². The van der Waals surface area contributed by atoms with Gasteiger partial charge in [0.1, 0.15) is 6.61 Å². The first kappa shape index (κ1) is 11.4. The Morgan fingerprint density at radius 3 is 2.53 bits per heavy atom. The summed E-state index contributed by atoms with van der Waals surface area (Å²) in [5, 5.41) is 3.42. The molecule has 0 bridgehead atoms. The lowest BCUT2D eigenvalue weighted by Gasteiger charge is -2.10. The van der Waals surface area contributed by atoms with E-state index in [0.29, 0.717) is 6.61 Å². The van der Waals surface area contributed by atoms with Crippen LogP contribution in [0.4, 0.5) is 0 Å². The number of benzene rings is 2. The summed E-state index contributed by atoms with van der Waals surface area (Å²) < 4.78 is 0. The Hall–Kier alpha value is -2.09. The van der Waals surface area contributed by atoms with Gasteiger partial charge < -0.3 is 4.84 Å². The summed E-state index contributed by atoms with van der Waals surface area (Å²) in [5.74, 6) is 0. The Balaban J connectivity index is 2.39. The van der Waals surface area contributed by atoms with Crippen LogP contribution in [-0.4, -0.2) is 6.72 Å². The fourth-order valence-electron chi connectivity index (χ4n) is 1.89. The van der Waals surface area contributed by atoms with Gasteiger partial charge in [-0.1, -0.05) is 48.5 Å². The Kier molecular flexibility index (Phi) is 3.55. The molecule has 2 heteroatoms. The van der Waals surface area contributed by atoms with Gasteiger partial charge in [-0.05, 0) is 29.2 Å². The summed E-state index contributed by atoms with van der Waals surface area (Å²) in [7, 11) is 0. The second kappa shape index (κ2) is 5.30. The van der Waals surface area contributed by atoms with Crippen molar-refractivity contribution in [2.24, 2.45) is 5.16 Å². The van der Waals surface area contributed by atoms with Crippen LogP contribution in [0, 0.1) is 6.92 Å². The third-order valence-electron chi connectivity index (χ3n) is 2.84. The summed E-state index contributed by atoms with van der Waals surface area (Å²) in [4.78, 5) is 5.01. The highest BCUT2D eigenvalue weighted by Gasteiger charge is 2.05. The van der Waals surface area contributed by atoms with E-state index in [1.807, 2.05) is 30.3 Å². The molecule has 2 aromatic rings. The molecule has 0 fully saturated rings. The molecule has 2 nitrogen and oxygen atoms in total. The van der Waals surface area contributed by atoms with Gasteiger partial charge in [0.25, 0.3) is 0 Å². The van der Waals surface area contributed by atoms with Crippen LogP contribution in [0.5, 0.6) is 0 Å². The van der Waals surface area contributed by atoms with Crippen LogP contribution >= 0.6 is 0 Å². The quantitative estimate of drug-likeness (QED) is 0.573. The molecule has 0 unspecified atom stereocenters. The van der Waals surface area contributed by atoms with E-state index in [1.165, 1.54) is 16.7 Å². The molecule has 0 aliphatic carbocycles. The van der Waals surface area contributed by atoms with E-state index in [1.54, 1.807) is 0 Å². The molecule has 0 radical (unpaired) electrons. The SMILES string of the molecule is C=NOCc1cccc(-c2ccccc2)c1C. The van der Waals surface area contributed by atoms with E-state index in [4.69, 9.17) is 4.84 Å². The van der Waals surface area contributed by atoms with Gasteiger partial charge in [-0.2, -0.15) is 0 Å². The van der Waals surface area contributed by atoms with Crippen molar-refractivity contribution in [3.05, 3.63) is 59.7 Å². The maximum absolute atomic E-state index is 5.01. The molecule has 0 saturated heterocycles. The van der Waals surface area contributed by atoms with Gasteiger partial charge in [0.2, 0.25) is 0 Å². The molecule has 0 atom stereocenters. The molecule has 0 aliphatic heterocycles. The van der Waals surface area contributed by atoms with Crippen LogP contribution in [0.2, 0.25) is 0 Å². The van der Waals surface area contributed by atoms with Crippen molar-refractivity contribution in [2.45, 2.75) is 13.5 Å².